The molecule has 19 heavy (non-hydrogen) atoms. The zero-order valence-corrected chi connectivity index (χ0v) is 11.1. The van der Waals surface area contributed by atoms with Crippen LogP contribution in [0, 0.1) is 6.92 Å². The maximum absolute atomic E-state index is 9.11. The lowest BCUT2D eigenvalue weighted by atomic mass is 9.77. The van der Waals surface area contributed by atoms with Crippen LogP contribution in [0.5, 0.6) is 0 Å². The van der Waals surface area contributed by atoms with Crippen molar-refractivity contribution in [1.82, 2.24) is 4.98 Å². The van der Waals surface area contributed by atoms with Gasteiger partial charge in [0.1, 0.15) is 5.82 Å². The summed E-state index contributed by atoms with van der Waals surface area (Å²) in [5.74, 6) is 0.458. The van der Waals surface area contributed by atoms with E-state index in [1.807, 2.05) is 6.07 Å². The van der Waals surface area contributed by atoms with E-state index in [-0.39, 0.29) is 0 Å². The molecule has 0 aliphatic rings. The molecule has 2 rings (SSSR count). The van der Waals surface area contributed by atoms with Crippen LogP contribution < -0.4 is 16.6 Å². The Morgan fingerprint density at radius 2 is 2.26 bits per heavy atom. The quantitative estimate of drug-likeness (QED) is 0.362. The Balaban J connectivity index is 2.05. The summed E-state index contributed by atoms with van der Waals surface area (Å²) in [7, 11) is -1.46. The number of hydrazone groups is 1. The van der Waals surface area contributed by atoms with Gasteiger partial charge >= 0.3 is 7.12 Å². The van der Waals surface area contributed by atoms with Crippen LogP contribution in [0.2, 0.25) is 0 Å². The van der Waals surface area contributed by atoms with Crippen molar-refractivity contribution in [1.29, 1.82) is 0 Å². The Bertz CT molecular complexity index is 600. The van der Waals surface area contributed by atoms with Gasteiger partial charge in [-0.2, -0.15) is 5.10 Å². The standard InChI is InChI=1S/C11H13BN4O2S/c1-7-4-8(2-3-9(7)12(17)18)5-14-16-11-15-10(13)6-19-11/h2-6,17-18H,13H2,1H3,(H,15,16). The van der Waals surface area contributed by atoms with E-state index in [1.165, 1.54) is 11.3 Å². The van der Waals surface area contributed by atoms with Crippen LogP contribution in [0.15, 0.2) is 28.7 Å². The second-order valence-corrected chi connectivity index (χ2v) is 4.80. The minimum atomic E-state index is -1.46. The zero-order chi connectivity index (χ0) is 13.8. The van der Waals surface area contributed by atoms with Gasteiger partial charge in [0.25, 0.3) is 0 Å². The van der Waals surface area contributed by atoms with E-state index in [0.29, 0.717) is 16.4 Å². The molecule has 0 atom stereocenters. The lowest BCUT2D eigenvalue weighted by Gasteiger charge is -2.04. The van der Waals surface area contributed by atoms with Crippen molar-refractivity contribution in [2.75, 3.05) is 11.2 Å². The maximum Gasteiger partial charge on any atom is 0.488 e. The molecule has 1 heterocycles. The van der Waals surface area contributed by atoms with E-state index in [1.54, 1.807) is 30.7 Å². The highest BCUT2D eigenvalue weighted by Gasteiger charge is 2.13. The molecule has 0 spiro atoms. The first-order valence-electron chi connectivity index (χ1n) is 5.53. The second-order valence-electron chi connectivity index (χ2n) is 3.94. The minimum Gasteiger partial charge on any atom is -0.423 e. The molecule has 5 N–H and O–H groups in total. The number of nitrogens with zero attached hydrogens (tertiary/aromatic N) is 2. The Hall–Kier alpha value is -1.90. The molecule has 1 aromatic heterocycles. The summed E-state index contributed by atoms with van der Waals surface area (Å²) in [6, 6.07) is 5.22. The van der Waals surface area contributed by atoms with Crippen molar-refractivity contribution in [2.24, 2.45) is 5.10 Å². The highest BCUT2D eigenvalue weighted by Crippen LogP contribution is 2.15. The largest absolute Gasteiger partial charge is 0.488 e. The average molecular weight is 276 g/mol. The van der Waals surface area contributed by atoms with Gasteiger partial charge in [-0.25, -0.2) is 4.98 Å². The third-order valence-electron chi connectivity index (χ3n) is 2.47. The molecule has 0 saturated heterocycles. The highest BCUT2D eigenvalue weighted by atomic mass is 32.1. The van der Waals surface area contributed by atoms with Crippen molar-refractivity contribution in [3.8, 4) is 0 Å². The van der Waals surface area contributed by atoms with Crippen LogP contribution in [0.4, 0.5) is 10.9 Å². The van der Waals surface area contributed by atoms with Gasteiger partial charge in [0.15, 0.2) is 0 Å². The molecule has 2 aromatic rings. The monoisotopic (exact) mass is 276 g/mol. The van der Waals surface area contributed by atoms with Crippen LogP contribution in [-0.4, -0.2) is 28.4 Å². The van der Waals surface area contributed by atoms with Gasteiger partial charge in [-0.15, -0.1) is 11.3 Å². The Morgan fingerprint density at radius 3 is 2.84 bits per heavy atom. The number of anilines is 2. The molecule has 0 bridgehead atoms. The number of rotatable bonds is 4. The van der Waals surface area contributed by atoms with Gasteiger partial charge < -0.3 is 15.8 Å². The molecular weight excluding hydrogens is 263 g/mol. The van der Waals surface area contributed by atoms with E-state index in [9.17, 15) is 0 Å². The summed E-state index contributed by atoms with van der Waals surface area (Å²) < 4.78 is 0. The van der Waals surface area contributed by atoms with Crippen molar-refractivity contribution in [3.05, 3.63) is 34.7 Å². The number of aryl methyl sites for hydroxylation is 1. The first kappa shape index (κ1) is 13.5. The van der Waals surface area contributed by atoms with Crippen LogP contribution >= 0.6 is 11.3 Å². The molecule has 0 unspecified atom stereocenters. The maximum atomic E-state index is 9.11. The third-order valence-corrected chi connectivity index (χ3v) is 3.23. The molecule has 0 saturated carbocycles. The van der Waals surface area contributed by atoms with Crippen molar-refractivity contribution in [3.63, 3.8) is 0 Å². The predicted octanol–water partition coefficient (Wildman–Crippen LogP) is 0.160. The molecule has 0 radical (unpaired) electrons. The first-order chi connectivity index (χ1) is 9.06. The van der Waals surface area contributed by atoms with E-state index in [0.717, 1.165) is 11.1 Å². The summed E-state index contributed by atoms with van der Waals surface area (Å²) in [5, 5.41) is 24.6. The predicted molar refractivity (Wildman–Crippen MR) is 78.7 cm³/mol. The first-order valence-corrected chi connectivity index (χ1v) is 6.41. The lowest BCUT2D eigenvalue weighted by molar-refractivity contribution is 0.425. The van der Waals surface area contributed by atoms with Gasteiger partial charge in [0.2, 0.25) is 5.13 Å². The number of thiazole rings is 1. The summed E-state index contributed by atoms with van der Waals surface area (Å²) >= 11 is 1.37. The molecule has 8 heteroatoms. The molecule has 0 amide bonds. The molecule has 1 aromatic carbocycles. The van der Waals surface area contributed by atoms with Crippen LogP contribution in [0.25, 0.3) is 0 Å². The average Bonchev–Trinajstić information content (AvgIpc) is 2.75. The molecule has 98 valence electrons. The highest BCUT2D eigenvalue weighted by molar-refractivity contribution is 7.14. The van der Waals surface area contributed by atoms with Crippen molar-refractivity contribution in [2.45, 2.75) is 6.92 Å². The number of hydrogen-bond donors (Lipinski definition) is 4. The zero-order valence-electron chi connectivity index (χ0n) is 10.2. The fourth-order valence-electron chi connectivity index (χ4n) is 1.57. The van der Waals surface area contributed by atoms with E-state index >= 15 is 0 Å². The topological polar surface area (TPSA) is 104 Å². The van der Waals surface area contributed by atoms with Gasteiger partial charge in [0.05, 0.1) is 6.21 Å². The van der Waals surface area contributed by atoms with Crippen LogP contribution in [0.1, 0.15) is 11.1 Å². The summed E-state index contributed by atoms with van der Waals surface area (Å²) in [6.45, 7) is 1.81. The number of nitrogen functional groups attached to an aromatic ring is 1. The SMILES string of the molecule is Cc1cc(C=NNc2nc(N)cs2)ccc1B(O)O. The number of aromatic nitrogens is 1. The van der Waals surface area contributed by atoms with Crippen LogP contribution in [0.3, 0.4) is 0 Å². The number of nitrogens with one attached hydrogen (secondary N) is 1. The Labute approximate surface area is 114 Å². The fraction of sp³-hybridized carbons (Fsp3) is 0.0909. The van der Waals surface area contributed by atoms with Gasteiger partial charge in [-0.1, -0.05) is 23.8 Å². The van der Waals surface area contributed by atoms with Gasteiger partial charge in [-0.3, -0.25) is 5.43 Å². The second kappa shape index (κ2) is 5.83. The Morgan fingerprint density at radius 1 is 1.47 bits per heavy atom. The molecular formula is C11H13BN4O2S. The third kappa shape index (κ3) is 3.54. The van der Waals surface area contributed by atoms with E-state index in [4.69, 9.17) is 15.8 Å². The minimum absolute atomic E-state index is 0.458. The van der Waals surface area contributed by atoms with Gasteiger partial charge in [0, 0.05) is 5.38 Å². The summed E-state index contributed by atoms with van der Waals surface area (Å²) in [4.78, 5) is 4.00. The number of nitrogens with two attached hydrogens (primary N) is 1. The number of benzene rings is 1. The van der Waals surface area contributed by atoms with E-state index < -0.39 is 7.12 Å². The summed E-state index contributed by atoms with van der Waals surface area (Å²) in [6.07, 6.45) is 1.62. The lowest BCUT2D eigenvalue weighted by Crippen LogP contribution is -2.32. The number of hydrogen-bond acceptors (Lipinski definition) is 7. The van der Waals surface area contributed by atoms with Gasteiger partial charge in [-0.05, 0) is 17.9 Å². The fourth-order valence-corrected chi connectivity index (χ4v) is 2.12. The Kier molecular flexibility index (Phi) is 4.15. The van der Waals surface area contributed by atoms with Crippen LogP contribution in [-0.2, 0) is 0 Å². The smallest absolute Gasteiger partial charge is 0.423 e. The molecule has 0 aliphatic carbocycles. The summed E-state index contributed by atoms with van der Waals surface area (Å²) in [5.41, 5.74) is 10.4. The molecule has 6 nitrogen and oxygen atoms in total. The van der Waals surface area contributed by atoms with E-state index in [2.05, 4.69) is 15.5 Å². The molecule has 0 aliphatic heterocycles. The van der Waals surface area contributed by atoms with Crippen molar-refractivity contribution < 1.29 is 10.0 Å². The van der Waals surface area contributed by atoms with Crippen molar-refractivity contribution >= 4 is 41.1 Å². The normalized spacial score (nSPS) is 10.9. The molecule has 0 fully saturated rings.